The molecule has 5 nitrogen and oxygen atoms in total. The van der Waals surface area contributed by atoms with Gasteiger partial charge in [-0.1, -0.05) is 63.1 Å². The Morgan fingerprint density at radius 2 is 1.85 bits per heavy atom. The average molecular weight is 457 g/mol. The van der Waals surface area contributed by atoms with E-state index in [0.717, 1.165) is 35.0 Å². The minimum Gasteiger partial charge on any atom is -0.348 e. The van der Waals surface area contributed by atoms with Crippen LogP contribution in [0.4, 0.5) is 4.39 Å². The van der Waals surface area contributed by atoms with Crippen LogP contribution in [0.3, 0.4) is 0 Å². The summed E-state index contributed by atoms with van der Waals surface area (Å²) in [5.74, 6) is 0.474. The number of pyridine rings is 1. The highest BCUT2D eigenvalue weighted by Crippen LogP contribution is 2.33. The van der Waals surface area contributed by atoms with Gasteiger partial charge in [-0.15, -0.1) is 0 Å². The predicted molar refractivity (Wildman–Crippen MR) is 132 cm³/mol. The normalized spacial score (nSPS) is 20.4. The minimum absolute atomic E-state index is 0.141. The van der Waals surface area contributed by atoms with Gasteiger partial charge >= 0.3 is 0 Å². The van der Waals surface area contributed by atoms with Crippen LogP contribution in [-0.2, 0) is 0 Å². The van der Waals surface area contributed by atoms with E-state index in [1.54, 1.807) is 16.8 Å². The van der Waals surface area contributed by atoms with Crippen LogP contribution in [0.15, 0.2) is 60.7 Å². The molecule has 6 heteroatoms. The number of amides is 1. The van der Waals surface area contributed by atoms with Gasteiger partial charge in [-0.2, -0.15) is 5.10 Å². The molecule has 1 amide bonds. The van der Waals surface area contributed by atoms with Crippen molar-refractivity contribution in [1.29, 1.82) is 0 Å². The number of carbonyl (C=O) groups is 1. The Bertz CT molecular complexity index is 1350. The molecule has 2 heterocycles. The first-order valence-electron chi connectivity index (χ1n) is 11.9. The van der Waals surface area contributed by atoms with Crippen LogP contribution in [0.2, 0.25) is 0 Å². The molecule has 0 saturated heterocycles. The van der Waals surface area contributed by atoms with Crippen molar-refractivity contribution in [3.8, 4) is 16.9 Å². The fourth-order valence-corrected chi connectivity index (χ4v) is 5.03. The molecular formula is C28H29FN4O. The van der Waals surface area contributed by atoms with Gasteiger partial charge in [0, 0.05) is 11.6 Å². The Morgan fingerprint density at radius 1 is 1.06 bits per heavy atom. The molecule has 1 fully saturated rings. The summed E-state index contributed by atoms with van der Waals surface area (Å²) in [6.45, 7) is 6.43. The van der Waals surface area contributed by atoms with E-state index < -0.39 is 0 Å². The number of benzene rings is 2. The van der Waals surface area contributed by atoms with Crippen molar-refractivity contribution >= 4 is 16.9 Å². The Balaban J connectivity index is 1.62. The summed E-state index contributed by atoms with van der Waals surface area (Å²) in [4.78, 5) is 18.0. The van der Waals surface area contributed by atoms with Gasteiger partial charge in [-0.25, -0.2) is 14.1 Å². The summed E-state index contributed by atoms with van der Waals surface area (Å²) in [6, 6.07) is 18.1. The molecular weight excluding hydrogens is 427 g/mol. The number of aromatic nitrogens is 3. The summed E-state index contributed by atoms with van der Waals surface area (Å²) < 4.78 is 15.7. The van der Waals surface area contributed by atoms with Crippen LogP contribution in [0, 0.1) is 24.6 Å². The second-order valence-corrected chi connectivity index (χ2v) is 9.48. The monoisotopic (exact) mass is 456 g/mol. The van der Waals surface area contributed by atoms with Crippen molar-refractivity contribution in [2.45, 2.75) is 46.1 Å². The number of nitrogens with one attached hydrogen (secondary N) is 1. The molecule has 0 radical (unpaired) electrons. The molecule has 3 atom stereocenters. The number of aryl methyl sites for hydroxylation is 1. The second kappa shape index (κ2) is 9.01. The maximum Gasteiger partial charge on any atom is 0.270 e. The molecule has 34 heavy (non-hydrogen) atoms. The van der Waals surface area contributed by atoms with Gasteiger partial charge in [0.15, 0.2) is 5.65 Å². The summed E-state index contributed by atoms with van der Waals surface area (Å²) in [6.07, 6.45) is 3.30. The molecule has 1 aliphatic rings. The molecule has 0 spiro atoms. The maximum absolute atomic E-state index is 14.1. The van der Waals surface area contributed by atoms with Crippen molar-refractivity contribution in [3.05, 3.63) is 77.7 Å². The van der Waals surface area contributed by atoms with E-state index in [2.05, 4.69) is 19.2 Å². The number of hydrogen-bond donors (Lipinski definition) is 1. The van der Waals surface area contributed by atoms with Crippen LogP contribution in [0.1, 0.15) is 49.2 Å². The molecule has 0 aliphatic heterocycles. The zero-order valence-corrected chi connectivity index (χ0v) is 19.8. The van der Waals surface area contributed by atoms with Crippen molar-refractivity contribution in [2.75, 3.05) is 0 Å². The van der Waals surface area contributed by atoms with Crippen molar-refractivity contribution < 1.29 is 9.18 Å². The number of fused-ring (bicyclic) bond motifs is 1. The Labute approximate surface area is 199 Å². The van der Waals surface area contributed by atoms with Gasteiger partial charge in [-0.05, 0) is 55.0 Å². The number of rotatable bonds is 4. The van der Waals surface area contributed by atoms with Crippen molar-refractivity contribution in [3.63, 3.8) is 0 Å². The number of hydrogen-bond acceptors (Lipinski definition) is 3. The Hall–Kier alpha value is -3.54. The topological polar surface area (TPSA) is 59.8 Å². The number of carbonyl (C=O) groups excluding carboxylic acids is 1. The van der Waals surface area contributed by atoms with Crippen LogP contribution in [0.5, 0.6) is 0 Å². The first kappa shape index (κ1) is 22.3. The number of halogens is 1. The van der Waals surface area contributed by atoms with E-state index in [0.29, 0.717) is 28.9 Å². The molecule has 174 valence electrons. The van der Waals surface area contributed by atoms with Gasteiger partial charge in [0.25, 0.3) is 5.91 Å². The van der Waals surface area contributed by atoms with Crippen LogP contribution >= 0.6 is 0 Å². The third-order valence-electron chi connectivity index (χ3n) is 7.19. The van der Waals surface area contributed by atoms with E-state index in [-0.39, 0.29) is 17.8 Å². The van der Waals surface area contributed by atoms with Crippen LogP contribution in [-0.4, -0.2) is 26.7 Å². The molecule has 1 saturated carbocycles. The highest BCUT2D eigenvalue weighted by Gasteiger charge is 2.29. The van der Waals surface area contributed by atoms with E-state index in [4.69, 9.17) is 10.1 Å². The highest BCUT2D eigenvalue weighted by molar-refractivity contribution is 5.99. The fraction of sp³-hybridized carbons (Fsp3) is 0.321. The minimum atomic E-state index is -0.353. The maximum atomic E-state index is 14.1. The van der Waals surface area contributed by atoms with Crippen LogP contribution < -0.4 is 5.32 Å². The quantitative estimate of drug-likeness (QED) is 0.404. The molecule has 0 unspecified atom stereocenters. The molecule has 1 N–H and O–H groups in total. The molecule has 0 bridgehead atoms. The van der Waals surface area contributed by atoms with Gasteiger partial charge in [0.1, 0.15) is 17.2 Å². The van der Waals surface area contributed by atoms with Gasteiger partial charge in [-0.3, -0.25) is 4.79 Å². The fourth-order valence-electron chi connectivity index (χ4n) is 5.03. The van der Waals surface area contributed by atoms with Gasteiger partial charge < -0.3 is 5.32 Å². The summed E-state index contributed by atoms with van der Waals surface area (Å²) in [5, 5.41) is 8.90. The summed E-state index contributed by atoms with van der Waals surface area (Å²) >= 11 is 0. The molecule has 2 aromatic heterocycles. The number of nitrogens with zero attached hydrogens (tertiary/aromatic N) is 3. The first-order chi connectivity index (χ1) is 16.4. The second-order valence-electron chi connectivity index (χ2n) is 9.48. The van der Waals surface area contributed by atoms with E-state index >= 15 is 0 Å². The first-order valence-corrected chi connectivity index (χ1v) is 11.9. The van der Waals surface area contributed by atoms with Crippen LogP contribution in [0.25, 0.3) is 28.0 Å². The molecule has 5 rings (SSSR count). The van der Waals surface area contributed by atoms with E-state index in [1.807, 2.05) is 43.3 Å². The van der Waals surface area contributed by atoms with E-state index in [9.17, 15) is 9.18 Å². The molecule has 4 aromatic rings. The average Bonchev–Trinajstić information content (AvgIpc) is 3.23. The smallest absolute Gasteiger partial charge is 0.270 e. The lowest BCUT2D eigenvalue weighted by atomic mass is 9.78. The van der Waals surface area contributed by atoms with Crippen molar-refractivity contribution in [2.24, 2.45) is 11.8 Å². The standard InChI is InChI=1S/C28H29FN4O/c1-17-9-7-14-23(19(17)3)31-28(34)24-15-18(2)25-26(20-10-5-4-6-11-20)32-33(27(25)30-24)22-13-8-12-21(29)16-22/h4-6,8,10-13,15-17,19,23H,7,9,14H2,1-3H3,(H,31,34)/t17-,19-,23-/m1/s1. The van der Waals surface area contributed by atoms with Gasteiger partial charge in [0.2, 0.25) is 0 Å². The molecule has 1 aliphatic carbocycles. The lowest BCUT2D eigenvalue weighted by Gasteiger charge is -2.34. The third kappa shape index (κ3) is 4.09. The summed E-state index contributed by atoms with van der Waals surface area (Å²) in [5.41, 5.74) is 4.06. The predicted octanol–water partition coefficient (Wildman–Crippen LogP) is 6.09. The third-order valence-corrected chi connectivity index (χ3v) is 7.19. The summed E-state index contributed by atoms with van der Waals surface area (Å²) in [7, 11) is 0. The largest absolute Gasteiger partial charge is 0.348 e. The Morgan fingerprint density at radius 3 is 2.62 bits per heavy atom. The lowest BCUT2D eigenvalue weighted by Crippen LogP contribution is -2.44. The van der Waals surface area contributed by atoms with E-state index in [1.165, 1.54) is 18.6 Å². The SMILES string of the molecule is Cc1cc(C(=O)N[C@@H]2CCC[C@@H](C)[C@H]2C)nc2c1c(-c1ccccc1)nn2-c1cccc(F)c1. The lowest BCUT2D eigenvalue weighted by molar-refractivity contribution is 0.0886. The highest BCUT2D eigenvalue weighted by atomic mass is 19.1. The van der Waals surface area contributed by atoms with Crippen molar-refractivity contribution in [1.82, 2.24) is 20.1 Å². The zero-order chi connectivity index (χ0) is 23.8. The zero-order valence-electron chi connectivity index (χ0n) is 19.8. The molecule has 2 aromatic carbocycles. The Kier molecular flexibility index (Phi) is 5.90. The van der Waals surface area contributed by atoms with Gasteiger partial charge in [0.05, 0.1) is 11.1 Å².